The molecule has 0 saturated heterocycles. The lowest BCUT2D eigenvalue weighted by molar-refractivity contribution is 0.217. The molecule has 0 saturated carbocycles. The second kappa shape index (κ2) is 8.48. The summed E-state index contributed by atoms with van der Waals surface area (Å²) in [5.74, 6) is 2.78. The van der Waals surface area contributed by atoms with E-state index in [1.807, 2.05) is 49.4 Å². The zero-order chi connectivity index (χ0) is 18.4. The average molecular weight is 371 g/mol. The Balaban J connectivity index is 1.47. The molecule has 0 radical (unpaired) electrons. The lowest BCUT2D eigenvalue weighted by Gasteiger charge is -2.08. The standard InChI is InChI=1S/C18H21N5O2S/c1-2-26-18(20)21-12-3-5-13(6-4-12)24-9-10-25-14-7-8-15-16(11-14)23-17(19)22-15/h3-8,11H,2,9-10H2,1H3,(H2,20,21)(H3,19,22,23). The fraction of sp³-hybridized carbons (Fsp3) is 0.222. The molecule has 0 amide bonds. The molecule has 0 atom stereocenters. The number of nitrogens with one attached hydrogen (secondary N) is 1. The number of aromatic nitrogens is 2. The van der Waals surface area contributed by atoms with Crippen molar-refractivity contribution >= 4 is 39.6 Å². The van der Waals surface area contributed by atoms with Gasteiger partial charge in [-0.15, -0.1) is 0 Å². The lowest BCUT2D eigenvalue weighted by Crippen LogP contribution is -2.09. The van der Waals surface area contributed by atoms with Crippen LogP contribution in [0.25, 0.3) is 11.0 Å². The van der Waals surface area contributed by atoms with Crippen LogP contribution >= 0.6 is 11.8 Å². The number of hydrogen-bond donors (Lipinski definition) is 3. The van der Waals surface area contributed by atoms with Gasteiger partial charge < -0.3 is 25.9 Å². The molecule has 0 fully saturated rings. The number of fused-ring (bicyclic) bond motifs is 1. The minimum absolute atomic E-state index is 0.392. The first-order valence-corrected chi connectivity index (χ1v) is 9.20. The Morgan fingerprint density at radius 1 is 1.12 bits per heavy atom. The predicted molar refractivity (Wildman–Crippen MR) is 107 cm³/mol. The van der Waals surface area contributed by atoms with Gasteiger partial charge in [0.1, 0.15) is 24.7 Å². The fourth-order valence-electron chi connectivity index (χ4n) is 2.34. The molecule has 0 aliphatic carbocycles. The number of aliphatic imine (C=N–C) groups is 1. The second-order valence-corrected chi connectivity index (χ2v) is 6.66. The molecule has 0 aliphatic rings. The zero-order valence-corrected chi connectivity index (χ0v) is 15.3. The van der Waals surface area contributed by atoms with Crippen LogP contribution < -0.4 is 20.9 Å². The molecule has 0 aliphatic heterocycles. The number of ether oxygens (including phenoxy) is 2. The van der Waals surface area contributed by atoms with Crippen LogP contribution in [0, 0.1) is 0 Å². The number of nitrogens with zero attached hydrogens (tertiary/aromatic N) is 2. The third-order valence-corrected chi connectivity index (χ3v) is 4.14. The van der Waals surface area contributed by atoms with Gasteiger partial charge in [0.25, 0.3) is 0 Å². The highest BCUT2D eigenvalue weighted by Gasteiger charge is 2.02. The van der Waals surface area contributed by atoms with Crippen LogP contribution in [-0.4, -0.2) is 34.1 Å². The van der Waals surface area contributed by atoms with Gasteiger partial charge in [-0.25, -0.2) is 9.98 Å². The Hall–Kier alpha value is -2.87. The molecule has 8 heteroatoms. The van der Waals surface area contributed by atoms with E-state index in [9.17, 15) is 0 Å². The highest BCUT2D eigenvalue weighted by Crippen LogP contribution is 2.21. The molecular weight excluding hydrogens is 350 g/mol. The minimum atomic E-state index is 0.392. The smallest absolute Gasteiger partial charge is 0.198 e. The molecule has 0 spiro atoms. The van der Waals surface area contributed by atoms with Crippen LogP contribution in [0.5, 0.6) is 11.5 Å². The average Bonchev–Trinajstić information content (AvgIpc) is 2.99. The van der Waals surface area contributed by atoms with E-state index in [0.29, 0.717) is 24.3 Å². The van der Waals surface area contributed by atoms with Crippen molar-refractivity contribution in [2.75, 3.05) is 24.7 Å². The zero-order valence-electron chi connectivity index (χ0n) is 14.4. The van der Waals surface area contributed by atoms with Gasteiger partial charge in [0, 0.05) is 6.07 Å². The highest BCUT2D eigenvalue weighted by molar-refractivity contribution is 8.13. The van der Waals surface area contributed by atoms with Crippen LogP contribution in [0.1, 0.15) is 6.92 Å². The maximum Gasteiger partial charge on any atom is 0.198 e. The summed E-state index contributed by atoms with van der Waals surface area (Å²) < 4.78 is 11.4. The summed E-state index contributed by atoms with van der Waals surface area (Å²) in [6.45, 7) is 2.89. The van der Waals surface area contributed by atoms with Crippen molar-refractivity contribution in [1.29, 1.82) is 0 Å². The third-order valence-electron chi connectivity index (χ3n) is 3.46. The van der Waals surface area contributed by atoms with Gasteiger partial charge in [-0.05, 0) is 42.2 Å². The number of H-pyrrole nitrogens is 1. The minimum Gasteiger partial charge on any atom is -0.490 e. The van der Waals surface area contributed by atoms with Gasteiger partial charge >= 0.3 is 0 Å². The van der Waals surface area contributed by atoms with Crippen molar-refractivity contribution in [3.8, 4) is 11.5 Å². The number of benzene rings is 2. The first kappa shape index (κ1) is 17.9. The van der Waals surface area contributed by atoms with E-state index in [1.165, 1.54) is 11.8 Å². The third kappa shape index (κ3) is 4.82. The van der Waals surface area contributed by atoms with Crippen LogP contribution in [0.4, 0.5) is 11.6 Å². The van der Waals surface area contributed by atoms with E-state index in [-0.39, 0.29) is 0 Å². The van der Waals surface area contributed by atoms with E-state index >= 15 is 0 Å². The van der Waals surface area contributed by atoms with Crippen LogP contribution in [0.2, 0.25) is 0 Å². The molecule has 7 nitrogen and oxygen atoms in total. The Kier molecular flexibility index (Phi) is 5.85. The summed E-state index contributed by atoms with van der Waals surface area (Å²) in [6, 6.07) is 13.1. The van der Waals surface area contributed by atoms with Gasteiger partial charge in [-0.1, -0.05) is 18.7 Å². The van der Waals surface area contributed by atoms with E-state index in [0.717, 1.165) is 34.0 Å². The van der Waals surface area contributed by atoms with Crippen molar-refractivity contribution in [1.82, 2.24) is 9.97 Å². The van der Waals surface area contributed by atoms with E-state index in [4.69, 9.17) is 20.9 Å². The Bertz CT molecular complexity index is 892. The number of rotatable bonds is 7. The molecule has 2 aromatic carbocycles. The number of thioether (sulfide) groups is 1. The number of imidazole rings is 1. The molecular formula is C18H21N5O2S. The molecule has 5 N–H and O–H groups in total. The number of amidine groups is 1. The molecule has 136 valence electrons. The SMILES string of the molecule is CCSC(N)=Nc1ccc(OCCOc2ccc3nc(N)[nH]c3c2)cc1. The number of nitrogens with two attached hydrogens (primary N) is 2. The maximum atomic E-state index is 5.80. The molecule has 26 heavy (non-hydrogen) atoms. The summed E-state index contributed by atoms with van der Waals surface area (Å²) in [4.78, 5) is 11.4. The lowest BCUT2D eigenvalue weighted by atomic mass is 10.3. The van der Waals surface area contributed by atoms with Gasteiger partial charge in [0.2, 0.25) is 0 Å². The normalized spacial score (nSPS) is 11.7. The first-order chi connectivity index (χ1) is 12.6. The summed E-state index contributed by atoms with van der Waals surface area (Å²) in [5, 5.41) is 0.561. The fourth-order valence-corrected chi connectivity index (χ4v) is 2.81. The topological polar surface area (TPSA) is 112 Å². The quantitative estimate of drug-likeness (QED) is 0.334. The number of anilines is 1. The van der Waals surface area contributed by atoms with E-state index in [1.54, 1.807) is 0 Å². The van der Waals surface area contributed by atoms with Crippen molar-refractivity contribution in [3.05, 3.63) is 42.5 Å². The van der Waals surface area contributed by atoms with Gasteiger partial charge in [-0.3, -0.25) is 0 Å². The molecule has 3 aromatic rings. The monoisotopic (exact) mass is 371 g/mol. The van der Waals surface area contributed by atoms with Gasteiger partial charge in [0.05, 0.1) is 16.7 Å². The van der Waals surface area contributed by atoms with Gasteiger partial charge in [0.15, 0.2) is 11.1 Å². The van der Waals surface area contributed by atoms with E-state index in [2.05, 4.69) is 15.0 Å². The summed E-state index contributed by atoms with van der Waals surface area (Å²) in [7, 11) is 0. The summed E-state index contributed by atoms with van der Waals surface area (Å²) >= 11 is 1.51. The molecule has 0 bridgehead atoms. The predicted octanol–water partition coefficient (Wildman–Crippen LogP) is 3.30. The van der Waals surface area contributed by atoms with Gasteiger partial charge in [-0.2, -0.15) is 0 Å². The first-order valence-electron chi connectivity index (χ1n) is 8.22. The number of nitrogen functional groups attached to an aromatic ring is 1. The number of aromatic amines is 1. The van der Waals surface area contributed by atoms with E-state index < -0.39 is 0 Å². The molecule has 1 heterocycles. The molecule has 0 unspecified atom stereocenters. The number of hydrogen-bond acceptors (Lipinski definition) is 6. The second-order valence-electron chi connectivity index (χ2n) is 5.37. The van der Waals surface area contributed by atoms with Crippen LogP contribution in [-0.2, 0) is 0 Å². The van der Waals surface area contributed by atoms with Crippen molar-refractivity contribution in [3.63, 3.8) is 0 Å². The van der Waals surface area contributed by atoms with Crippen LogP contribution in [0.3, 0.4) is 0 Å². The highest BCUT2D eigenvalue weighted by atomic mass is 32.2. The Morgan fingerprint density at radius 3 is 2.54 bits per heavy atom. The summed E-state index contributed by atoms with van der Waals surface area (Å²) in [5.41, 5.74) is 13.9. The Morgan fingerprint density at radius 2 is 1.81 bits per heavy atom. The largest absolute Gasteiger partial charge is 0.490 e. The summed E-state index contributed by atoms with van der Waals surface area (Å²) in [6.07, 6.45) is 0. The van der Waals surface area contributed by atoms with Crippen molar-refractivity contribution in [2.45, 2.75) is 6.92 Å². The molecule has 3 rings (SSSR count). The maximum absolute atomic E-state index is 5.80. The van der Waals surface area contributed by atoms with Crippen molar-refractivity contribution < 1.29 is 9.47 Å². The van der Waals surface area contributed by atoms with Crippen LogP contribution in [0.15, 0.2) is 47.5 Å². The molecule has 1 aromatic heterocycles. The Labute approximate surface area is 155 Å². The van der Waals surface area contributed by atoms with Crippen molar-refractivity contribution in [2.24, 2.45) is 10.7 Å².